The van der Waals surface area contributed by atoms with Crippen LogP contribution in [0.5, 0.6) is 0 Å². The monoisotopic (exact) mass is 206 g/mol. The van der Waals surface area contributed by atoms with Gasteiger partial charge in [-0.1, -0.05) is 23.2 Å². The molecule has 0 aliphatic heterocycles. The van der Waals surface area contributed by atoms with Crippen LogP contribution in [0.3, 0.4) is 0 Å². The molecule has 60 valence electrons. The topological polar surface area (TPSA) is 0 Å². The summed E-state index contributed by atoms with van der Waals surface area (Å²) in [5.74, 6) is 0. The number of benzene rings is 1. The number of thioether (sulfide) groups is 1. The van der Waals surface area contributed by atoms with Gasteiger partial charge in [0.2, 0.25) is 0 Å². The third kappa shape index (κ3) is 2.05. The summed E-state index contributed by atoms with van der Waals surface area (Å²) < 4.78 is 0. The molecule has 11 heavy (non-hydrogen) atoms. The zero-order valence-electron chi connectivity index (χ0n) is 6.32. The van der Waals surface area contributed by atoms with Gasteiger partial charge in [0.1, 0.15) is 0 Å². The Morgan fingerprint density at radius 1 is 1.27 bits per heavy atom. The van der Waals surface area contributed by atoms with Crippen LogP contribution in [0, 0.1) is 6.92 Å². The molecule has 0 fully saturated rings. The van der Waals surface area contributed by atoms with Crippen LogP contribution < -0.4 is 0 Å². The van der Waals surface area contributed by atoms with Gasteiger partial charge in [0.25, 0.3) is 0 Å². The van der Waals surface area contributed by atoms with Gasteiger partial charge in [0.05, 0.1) is 0 Å². The predicted molar refractivity (Wildman–Crippen MR) is 53.0 cm³/mol. The van der Waals surface area contributed by atoms with Crippen LogP contribution in [0.1, 0.15) is 5.56 Å². The van der Waals surface area contributed by atoms with Crippen molar-refractivity contribution in [1.29, 1.82) is 0 Å². The molecule has 1 aromatic carbocycles. The van der Waals surface area contributed by atoms with Crippen LogP contribution >= 0.6 is 35.0 Å². The maximum absolute atomic E-state index is 5.90. The Kier molecular flexibility index (Phi) is 3.11. The Morgan fingerprint density at radius 3 is 2.45 bits per heavy atom. The molecule has 0 N–H and O–H groups in total. The number of hydrogen-bond donors (Lipinski definition) is 0. The van der Waals surface area contributed by atoms with Gasteiger partial charge in [-0.15, -0.1) is 11.8 Å². The van der Waals surface area contributed by atoms with Crippen LogP contribution in [0.2, 0.25) is 10.0 Å². The molecular weight excluding hydrogens is 199 g/mol. The first-order chi connectivity index (χ1) is 5.15. The number of hydrogen-bond acceptors (Lipinski definition) is 1. The highest BCUT2D eigenvalue weighted by molar-refractivity contribution is 7.98. The molecule has 0 nitrogen and oxygen atoms in total. The van der Waals surface area contributed by atoms with Gasteiger partial charge >= 0.3 is 0 Å². The molecule has 0 aliphatic carbocycles. The Morgan fingerprint density at radius 2 is 1.91 bits per heavy atom. The Labute approximate surface area is 80.9 Å². The van der Waals surface area contributed by atoms with E-state index in [4.69, 9.17) is 23.2 Å². The Hall–Kier alpha value is 0.150. The molecule has 0 saturated heterocycles. The van der Waals surface area contributed by atoms with Crippen molar-refractivity contribution in [3.05, 3.63) is 27.7 Å². The smallest absolute Gasteiger partial charge is 0.0461 e. The molecule has 0 heterocycles. The van der Waals surface area contributed by atoms with Crippen molar-refractivity contribution >= 4 is 35.0 Å². The molecule has 0 aliphatic rings. The maximum Gasteiger partial charge on any atom is 0.0461 e. The zero-order valence-corrected chi connectivity index (χ0v) is 8.65. The van der Waals surface area contributed by atoms with Crippen molar-refractivity contribution in [2.45, 2.75) is 11.8 Å². The highest BCUT2D eigenvalue weighted by atomic mass is 35.5. The molecule has 0 aromatic heterocycles. The van der Waals surface area contributed by atoms with E-state index in [1.54, 1.807) is 17.8 Å². The average molecular weight is 207 g/mol. The zero-order chi connectivity index (χ0) is 8.43. The van der Waals surface area contributed by atoms with Crippen LogP contribution in [0.4, 0.5) is 0 Å². The summed E-state index contributed by atoms with van der Waals surface area (Å²) in [6, 6.07) is 3.69. The lowest BCUT2D eigenvalue weighted by atomic mass is 10.2. The van der Waals surface area contributed by atoms with Gasteiger partial charge in [-0.05, 0) is 30.9 Å². The Bertz CT molecular complexity index is 271. The normalized spacial score (nSPS) is 10.2. The van der Waals surface area contributed by atoms with E-state index in [1.165, 1.54) is 0 Å². The third-order valence-electron chi connectivity index (χ3n) is 1.48. The largest absolute Gasteiger partial charge is 0.129 e. The van der Waals surface area contributed by atoms with Gasteiger partial charge in [-0.3, -0.25) is 0 Å². The molecular formula is C8H8Cl2S. The van der Waals surface area contributed by atoms with E-state index in [0.717, 1.165) is 15.5 Å². The van der Waals surface area contributed by atoms with E-state index in [0.29, 0.717) is 5.02 Å². The van der Waals surface area contributed by atoms with E-state index in [9.17, 15) is 0 Å². The molecule has 1 rings (SSSR count). The fourth-order valence-corrected chi connectivity index (χ4v) is 2.11. The second-order valence-electron chi connectivity index (χ2n) is 2.21. The second kappa shape index (κ2) is 3.70. The minimum atomic E-state index is 0.699. The van der Waals surface area contributed by atoms with Crippen LogP contribution in [0.25, 0.3) is 0 Å². The summed E-state index contributed by atoms with van der Waals surface area (Å²) in [6.07, 6.45) is 2.01. The van der Waals surface area contributed by atoms with E-state index < -0.39 is 0 Å². The third-order valence-corrected chi connectivity index (χ3v) is 2.96. The first-order valence-corrected chi connectivity index (χ1v) is 5.13. The van der Waals surface area contributed by atoms with Gasteiger partial charge in [-0.2, -0.15) is 0 Å². The molecule has 0 saturated carbocycles. The summed E-state index contributed by atoms with van der Waals surface area (Å²) >= 11 is 13.4. The number of halogens is 2. The van der Waals surface area contributed by atoms with Crippen LogP contribution in [-0.4, -0.2) is 6.26 Å². The van der Waals surface area contributed by atoms with Crippen molar-refractivity contribution in [2.24, 2.45) is 0 Å². The predicted octanol–water partition coefficient (Wildman–Crippen LogP) is 4.02. The van der Waals surface area contributed by atoms with Gasteiger partial charge in [0, 0.05) is 14.9 Å². The van der Waals surface area contributed by atoms with Crippen molar-refractivity contribution in [3.8, 4) is 0 Å². The van der Waals surface area contributed by atoms with Crippen LogP contribution in [0.15, 0.2) is 17.0 Å². The number of rotatable bonds is 1. The second-order valence-corrected chi connectivity index (χ2v) is 3.91. The maximum atomic E-state index is 5.90. The lowest BCUT2D eigenvalue weighted by Crippen LogP contribution is -1.80. The van der Waals surface area contributed by atoms with E-state index in [2.05, 4.69) is 0 Å². The van der Waals surface area contributed by atoms with Crippen molar-refractivity contribution in [3.63, 3.8) is 0 Å². The summed E-state index contributed by atoms with van der Waals surface area (Å²) in [5, 5.41) is 1.44. The lowest BCUT2D eigenvalue weighted by molar-refractivity contribution is 1.31. The van der Waals surface area contributed by atoms with E-state index in [-0.39, 0.29) is 0 Å². The SMILES string of the molecule is CSc1cc(Cl)cc(Cl)c1C. The van der Waals surface area contributed by atoms with Crippen molar-refractivity contribution < 1.29 is 0 Å². The quantitative estimate of drug-likeness (QED) is 0.626. The minimum Gasteiger partial charge on any atom is -0.129 e. The Balaban J connectivity index is 3.24. The van der Waals surface area contributed by atoms with Crippen LogP contribution in [-0.2, 0) is 0 Å². The van der Waals surface area contributed by atoms with Crippen molar-refractivity contribution in [1.82, 2.24) is 0 Å². The molecule has 0 radical (unpaired) electrons. The summed E-state index contributed by atoms with van der Waals surface area (Å²) in [7, 11) is 0. The highest BCUT2D eigenvalue weighted by Crippen LogP contribution is 2.29. The lowest BCUT2D eigenvalue weighted by Gasteiger charge is -2.04. The molecule has 3 heteroatoms. The van der Waals surface area contributed by atoms with Gasteiger partial charge < -0.3 is 0 Å². The standard InChI is InChI=1S/C8H8Cl2S/c1-5-7(10)3-6(9)4-8(5)11-2/h3-4H,1-2H3. The summed E-state index contributed by atoms with van der Waals surface area (Å²) in [5.41, 5.74) is 1.10. The fourth-order valence-electron chi connectivity index (χ4n) is 0.834. The average Bonchev–Trinajstić information content (AvgIpc) is 1.96. The molecule has 0 amide bonds. The van der Waals surface area contributed by atoms with E-state index in [1.807, 2.05) is 19.2 Å². The molecule has 0 spiro atoms. The molecule has 1 aromatic rings. The fraction of sp³-hybridized carbons (Fsp3) is 0.250. The van der Waals surface area contributed by atoms with E-state index >= 15 is 0 Å². The highest BCUT2D eigenvalue weighted by Gasteiger charge is 2.02. The summed E-state index contributed by atoms with van der Waals surface area (Å²) in [4.78, 5) is 1.14. The first-order valence-electron chi connectivity index (χ1n) is 3.15. The molecule has 0 atom stereocenters. The van der Waals surface area contributed by atoms with Gasteiger partial charge in [0.15, 0.2) is 0 Å². The van der Waals surface area contributed by atoms with Gasteiger partial charge in [-0.25, -0.2) is 0 Å². The molecule has 0 unspecified atom stereocenters. The van der Waals surface area contributed by atoms with Crippen molar-refractivity contribution in [2.75, 3.05) is 6.26 Å². The summed E-state index contributed by atoms with van der Waals surface area (Å²) in [6.45, 7) is 1.99. The first kappa shape index (κ1) is 9.24. The minimum absolute atomic E-state index is 0.699. The molecule has 0 bridgehead atoms.